The molecule has 1 saturated carbocycles. The topological polar surface area (TPSA) is 72.7 Å². The first kappa shape index (κ1) is 17.3. The Bertz CT molecular complexity index is 904. The molecule has 1 fully saturated rings. The van der Waals surface area contributed by atoms with E-state index in [9.17, 15) is 9.18 Å². The van der Waals surface area contributed by atoms with Crippen LogP contribution in [0.3, 0.4) is 0 Å². The molecule has 2 heterocycles. The van der Waals surface area contributed by atoms with Gasteiger partial charge in [0, 0.05) is 11.8 Å². The van der Waals surface area contributed by atoms with Crippen molar-refractivity contribution < 1.29 is 9.18 Å². The Kier molecular flexibility index (Phi) is 4.91. The van der Waals surface area contributed by atoms with E-state index in [-0.39, 0.29) is 17.8 Å². The zero-order chi connectivity index (χ0) is 18.6. The lowest BCUT2D eigenvalue weighted by Crippen LogP contribution is -2.32. The van der Waals surface area contributed by atoms with Crippen LogP contribution in [-0.2, 0) is 0 Å². The second-order valence-corrected chi connectivity index (χ2v) is 6.79. The molecule has 1 amide bonds. The summed E-state index contributed by atoms with van der Waals surface area (Å²) >= 11 is 0. The van der Waals surface area contributed by atoms with E-state index in [1.165, 1.54) is 29.5 Å². The highest BCUT2D eigenvalue weighted by molar-refractivity contribution is 5.94. The standard InChI is InChI=1S/C20H20FN5O/c21-17-7-5-15(6-8-17)19(14-3-1-2-4-14)25-20(27)16-9-10-23-18(11-16)26-13-22-12-24-26/h5-14,19H,1-4H2,(H,25,27)/t19-/m0/s1. The van der Waals surface area contributed by atoms with E-state index in [4.69, 9.17) is 0 Å². The van der Waals surface area contributed by atoms with Gasteiger partial charge in [-0.15, -0.1) is 0 Å². The number of nitrogens with one attached hydrogen (secondary N) is 1. The first-order chi connectivity index (χ1) is 13.2. The number of carbonyl (C=O) groups is 1. The van der Waals surface area contributed by atoms with Gasteiger partial charge in [-0.25, -0.2) is 19.0 Å². The van der Waals surface area contributed by atoms with Crippen molar-refractivity contribution in [3.05, 3.63) is 72.2 Å². The minimum atomic E-state index is -0.276. The minimum absolute atomic E-state index is 0.136. The predicted octanol–water partition coefficient (Wildman–Crippen LogP) is 3.46. The van der Waals surface area contributed by atoms with Crippen LogP contribution < -0.4 is 5.32 Å². The molecule has 27 heavy (non-hydrogen) atoms. The van der Waals surface area contributed by atoms with E-state index < -0.39 is 0 Å². The summed E-state index contributed by atoms with van der Waals surface area (Å²) in [6, 6.07) is 9.62. The molecule has 0 bridgehead atoms. The van der Waals surface area contributed by atoms with Crippen LogP contribution >= 0.6 is 0 Å². The monoisotopic (exact) mass is 365 g/mol. The maximum atomic E-state index is 13.3. The third kappa shape index (κ3) is 3.86. The lowest BCUT2D eigenvalue weighted by atomic mass is 9.91. The number of aromatic nitrogens is 4. The Morgan fingerprint density at radius 1 is 1.19 bits per heavy atom. The van der Waals surface area contributed by atoms with Gasteiger partial charge in [-0.3, -0.25) is 4.79 Å². The number of carbonyl (C=O) groups excluding carboxylic acids is 1. The van der Waals surface area contributed by atoms with E-state index in [1.54, 1.807) is 30.5 Å². The molecule has 1 N–H and O–H groups in total. The largest absolute Gasteiger partial charge is 0.345 e. The average Bonchev–Trinajstić information content (AvgIpc) is 3.41. The molecule has 1 atom stereocenters. The summed E-state index contributed by atoms with van der Waals surface area (Å²) in [5.74, 6) is 0.428. The van der Waals surface area contributed by atoms with Gasteiger partial charge in [0.05, 0.1) is 6.04 Å². The van der Waals surface area contributed by atoms with Gasteiger partial charge in [0.25, 0.3) is 5.91 Å². The number of pyridine rings is 1. The molecule has 2 aromatic heterocycles. The van der Waals surface area contributed by atoms with Crippen LogP contribution in [0.5, 0.6) is 0 Å². The van der Waals surface area contributed by atoms with E-state index in [2.05, 4.69) is 20.4 Å². The fourth-order valence-electron chi connectivity index (χ4n) is 3.67. The lowest BCUT2D eigenvalue weighted by Gasteiger charge is -2.25. The van der Waals surface area contributed by atoms with Crippen molar-refractivity contribution in [3.8, 4) is 5.82 Å². The van der Waals surface area contributed by atoms with Crippen molar-refractivity contribution >= 4 is 5.91 Å². The summed E-state index contributed by atoms with van der Waals surface area (Å²) < 4.78 is 14.8. The Balaban J connectivity index is 1.58. The van der Waals surface area contributed by atoms with Gasteiger partial charge in [-0.05, 0) is 48.6 Å². The average molecular weight is 365 g/mol. The Hall–Kier alpha value is -3.09. The smallest absolute Gasteiger partial charge is 0.251 e. The molecule has 1 aliphatic rings. The first-order valence-corrected chi connectivity index (χ1v) is 9.08. The van der Waals surface area contributed by atoms with Crippen molar-refractivity contribution in [2.45, 2.75) is 31.7 Å². The van der Waals surface area contributed by atoms with Gasteiger partial charge in [0.15, 0.2) is 5.82 Å². The van der Waals surface area contributed by atoms with E-state index in [1.807, 2.05) is 0 Å². The van der Waals surface area contributed by atoms with Gasteiger partial charge >= 0.3 is 0 Å². The number of rotatable bonds is 5. The summed E-state index contributed by atoms with van der Waals surface area (Å²) in [4.78, 5) is 21.0. The van der Waals surface area contributed by atoms with Gasteiger partial charge in [0.1, 0.15) is 18.5 Å². The van der Waals surface area contributed by atoms with Crippen LogP contribution in [0.25, 0.3) is 5.82 Å². The molecule has 4 rings (SSSR count). The summed E-state index contributed by atoms with van der Waals surface area (Å²) in [5.41, 5.74) is 1.43. The van der Waals surface area contributed by atoms with Crippen LogP contribution in [0.1, 0.15) is 47.6 Å². The zero-order valence-electron chi connectivity index (χ0n) is 14.8. The highest BCUT2D eigenvalue weighted by Gasteiger charge is 2.28. The fraction of sp³-hybridized carbons (Fsp3) is 0.300. The number of hydrogen-bond acceptors (Lipinski definition) is 4. The number of amides is 1. The number of halogens is 1. The van der Waals surface area contributed by atoms with Crippen molar-refractivity contribution in [2.75, 3.05) is 0 Å². The summed E-state index contributed by atoms with van der Waals surface area (Å²) in [7, 11) is 0. The fourth-order valence-corrected chi connectivity index (χ4v) is 3.67. The number of nitrogens with zero attached hydrogens (tertiary/aromatic N) is 4. The van der Waals surface area contributed by atoms with Crippen molar-refractivity contribution in [1.82, 2.24) is 25.1 Å². The van der Waals surface area contributed by atoms with E-state index >= 15 is 0 Å². The van der Waals surface area contributed by atoms with Crippen LogP contribution in [0.15, 0.2) is 55.2 Å². The Morgan fingerprint density at radius 2 is 1.96 bits per heavy atom. The van der Waals surface area contributed by atoms with Gasteiger partial charge in [-0.2, -0.15) is 5.10 Å². The maximum Gasteiger partial charge on any atom is 0.251 e. The molecule has 6 nitrogen and oxygen atoms in total. The molecule has 0 saturated heterocycles. The highest BCUT2D eigenvalue weighted by atomic mass is 19.1. The molecule has 1 aromatic carbocycles. The normalized spacial score (nSPS) is 15.6. The highest BCUT2D eigenvalue weighted by Crippen LogP contribution is 2.36. The first-order valence-electron chi connectivity index (χ1n) is 9.08. The molecule has 0 aliphatic heterocycles. The van der Waals surface area contributed by atoms with Crippen molar-refractivity contribution in [2.24, 2.45) is 5.92 Å². The molecule has 0 spiro atoms. The Morgan fingerprint density at radius 3 is 2.67 bits per heavy atom. The van der Waals surface area contributed by atoms with Gasteiger partial charge < -0.3 is 5.32 Å². The minimum Gasteiger partial charge on any atom is -0.345 e. The third-order valence-corrected chi connectivity index (χ3v) is 5.05. The van der Waals surface area contributed by atoms with Gasteiger partial charge in [0.2, 0.25) is 0 Å². The lowest BCUT2D eigenvalue weighted by molar-refractivity contribution is 0.0921. The molecular weight excluding hydrogens is 345 g/mol. The molecule has 138 valence electrons. The van der Waals surface area contributed by atoms with Crippen LogP contribution in [0, 0.1) is 11.7 Å². The third-order valence-electron chi connectivity index (χ3n) is 5.05. The number of benzene rings is 1. The molecule has 1 aliphatic carbocycles. The van der Waals surface area contributed by atoms with Crippen LogP contribution in [0.2, 0.25) is 0 Å². The molecule has 3 aromatic rings. The van der Waals surface area contributed by atoms with Crippen molar-refractivity contribution in [1.29, 1.82) is 0 Å². The van der Waals surface area contributed by atoms with Gasteiger partial charge in [-0.1, -0.05) is 25.0 Å². The maximum absolute atomic E-state index is 13.3. The Labute approximate surface area is 156 Å². The molecular formula is C20H20FN5O. The molecule has 0 radical (unpaired) electrons. The summed E-state index contributed by atoms with van der Waals surface area (Å²) in [5, 5.41) is 7.19. The molecule has 0 unspecified atom stereocenters. The number of hydrogen-bond donors (Lipinski definition) is 1. The zero-order valence-corrected chi connectivity index (χ0v) is 14.8. The van der Waals surface area contributed by atoms with Crippen LogP contribution in [-0.4, -0.2) is 25.7 Å². The SMILES string of the molecule is O=C(N[C@H](c1ccc(F)cc1)C1CCCC1)c1ccnc(-n2cncn2)c1. The van der Waals surface area contributed by atoms with E-state index in [0.29, 0.717) is 17.3 Å². The second kappa shape index (κ2) is 7.65. The quantitative estimate of drug-likeness (QED) is 0.751. The predicted molar refractivity (Wildman–Crippen MR) is 97.7 cm³/mol. The molecule has 7 heteroatoms. The van der Waals surface area contributed by atoms with E-state index in [0.717, 1.165) is 31.2 Å². The van der Waals surface area contributed by atoms with Crippen molar-refractivity contribution in [3.63, 3.8) is 0 Å². The second-order valence-electron chi connectivity index (χ2n) is 6.79. The summed E-state index contributed by atoms with van der Waals surface area (Å²) in [6.45, 7) is 0. The summed E-state index contributed by atoms with van der Waals surface area (Å²) in [6.07, 6.45) is 8.96. The van der Waals surface area contributed by atoms with Crippen LogP contribution in [0.4, 0.5) is 4.39 Å².